The van der Waals surface area contributed by atoms with Gasteiger partial charge in [0.1, 0.15) is 0 Å². The molecule has 0 atom stereocenters. The number of carbonyl (C=O) groups excluding carboxylic acids is 1. The molecule has 4 rings (SSSR count). The van der Waals surface area contributed by atoms with E-state index in [1.54, 1.807) is 0 Å². The summed E-state index contributed by atoms with van der Waals surface area (Å²) in [4.78, 5) is 18.0. The van der Waals surface area contributed by atoms with E-state index in [2.05, 4.69) is 46.4 Å². The normalized spacial score (nSPS) is 19.8. The summed E-state index contributed by atoms with van der Waals surface area (Å²) >= 11 is 0. The number of amides is 1. The first-order chi connectivity index (χ1) is 13.2. The van der Waals surface area contributed by atoms with E-state index in [0.717, 1.165) is 63.1 Å². The Labute approximate surface area is 162 Å². The fraction of sp³-hybridized carbons (Fsp3) is 0.435. The average molecular weight is 364 g/mol. The Morgan fingerprint density at radius 3 is 2.15 bits per heavy atom. The van der Waals surface area contributed by atoms with Gasteiger partial charge in [-0.1, -0.05) is 43.2 Å². The second kappa shape index (κ2) is 7.73. The van der Waals surface area contributed by atoms with Crippen LogP contribution >= 0.6 is 0 Å². The second-order valence-electron chi connectivity index (χ2n) is 7.95. The summed E-state index contributed by atoms with van der Waals surface area (Å²) in [7, 11) is 2.17. The first kappa shape index (κ1) is 18.1. The van der Waals surface area contributed by atoms with Crippen molar-refractivity contribution in [2.75, 3.05) is 43.4 Å². The van der Waals surface area contributed by atoms with Gasteiger partial charge in [0.05, 0.1) is 5.41 Å². The first-order valence-corrected chi connectivity index (χ1v) is 10.1. The number of piperazine rings is 1. The van der Waals surface area contributed by atoms with Gasteiger partial charge in [-0.05, 0) is 49.7 Å². The Kier molecular flexibility index (Phi) is 5.17. The Morgan fingerprint density at radius 1 is 0.889 bits per heavy atom. The summed E-state index contributed by atoms with van der Waals surface area (Å²) in [6.07, 6.45) is 4.10. The van der Waals surface area contributed by atoms with E-state index in [4.69, 9.17) is 0 Å². The van der Waals surface area contributed by atoms with Gasteiger partial charge in [-0.3, -0.25) is 4.79 Å². The molecule has 2 aliphatic rings. The molecular weight excluding hydrogens is 334 g/mol. The van der Waals surface area contributed by atoms with Crippen LogP contribution in [0.1, 0.15) is 31.2 Å². The number of hydrogen-bond donors (Lipinski definition) is 1. The molecule has 0 spiro atoms. The monoisotopic (exact) mass is 363 g/mol. The zero-order chi connectivity index (χ0) is 18.7. The minimum Gasteiger partial charge on any atom is -0.369 e. The number of nitrogens with zero attached hydrogens (tertiary/aromatic N) is 2. The van der Waals surface area contributed by atoms with Crippen LogP contribution in [0.3, 0.4) is 0 Å². The molecule has 0 bridgehead atoms. The molecule has 1 N–H and O–H groups in total. The van der Waals surface area contributed by atoms with Crippen molar-refractivity contribution in [2.24, 2.45) is 0 Å². The molecule has 142 valence electrons. The molecule has 2 aromatic carbocycles. The highest BCUT2D eigenvalue weighted by Gasteiger charge is 2.42. The van der Waals surface area contributed by atoms with Crippen LogP contribution in [0, 0.1) is 0 Å². The molecule has 2 fully saturated rings. The first-order valence-electron chi connectivity index (χ1n) is 10.1. The topological polar surface area (TPSA) is 35.6 Å². The lowest BCUT2D eigenvalue weighted by Crippen LogP contribution is -2.44. The van der Waals surface area contributed by atoms with E-state index in [0.29, 0.717) is 0 Å². The summed E-state index contributed by atoms with van der Waals surface area (Å²) in [6, 6.07) is 18.6. The molecule has 4 heteroatoms. The van der Waals surface area contributed by atoms with Gasteiger partial charge < -0.3 is 15.1 Å². The third kappa shape index (κ3) is 3.72. The predicted octanol–water partition coefficient (Wildman–Crippen LogP) is 3.89. The van der Waals surface area contributed by atoms with Crippen molar-refractivity contribution in [3.05, 3.63) is 60.2 Å². The van der Waals surface area contributed by atoms with Crippen molar-refractivity contribution in [3.8, 4) is 0 Å². The lowest BCUT2D eigenvalue weighted by Gasteiger charge is -2.34. The highest BCUT2D eigenvalue weighted by Crippen LogP contribution is 2.42. The fourth-order valence-electron chi connectivity index (χ4n) is 4.45. The molecule has 0 aromatic heterocycles. The number of anilines is 2. The second-order valence-corrected chi connectivity index (χ2v) is 7.95. The van der Waals surface area contributed by atoms with Gasteiger partial charge in [-0.2, -0.15) is 0 Å². The third-order valence-electron chi connectivity index (χ3n) is 6.21. The summed E-state index contributed by atoms with van der Waals surface area (Å²) in [5.41, 5.74) is 2.89. The van der Waals surface area contributed by atoms with E-state index < -0.39 is 0 Å². The van der Waals surface area contributed by atoms with E-state index in [1.807, 2.05) is 30.3 Å². The van der Waals surface area contributed by atoms with Gasteiger partial charge in [-0.15, -0.1) is 0 Å². The summed E-state index contributed by atoms with van der Waals surface area (Å²) in [5.74, 6) is 0.138. The van der Waals surface area contributed by atoms with Crippen LogP contribution < -0.4 is 10.2 Å². The molecule has 1 aliphatic heterocycles. The smallest absolute Gasteiger partial charge is 0.235 e. The Morgan fingerprint density at radius 2 is 1.52 bits per heavy atom. The van der Waals surface area contributed by atoms with Crippen LogP contribution in [0.2, 0.25) is 0 Å². The highest BCUT2D eigenvalue weighted by atomic mass is 16.2. The quantitative estimate of drug-likeness (QED) is 0.895. The molecule has 2 aromatic rings. The highest BCUT2D eigenvalue weighted by molar-refractivity contribution is 5.99. The molecular formula is C23H29N3O. The zero-order valence-corrected chi connectivity index (χ0v) is 16.2. The minimum atomic E-state index is -0.378. The van der Waals surface area contributed by atoms with Crippen molar-refractivity contribution in [1.82, 2.24) is 4.90 Å². The van der Waals surface area contributed by atoms with Crippen LogP contribution in [0.5, 0.6) is 0 Å². The molecule has 4 nitrogen and oxygen atoms in total. The Hall–Kier alpha value is -2.33. The third-order valence-corrected chi connectivity index (χ3v) is 6.21. The summed E-state index contributed by atoms with van der Waals surface area (Å²) < 4.78 is 0. The lowest BCUT2D eigenvalue weighted by atomic mass is 9.78. The van der Waals surface area contributed by atoms with E-state index in [-0.39, 0.29) is 11.3 Å². The van der Waals surface area contributed by atoms with Gasteiger partial charge in [-0.25, -0.2) is 0 Å². The van der Waals surface area contributed by atoms with Crippen molar-refractivity contribution in [3.63, 3.8) is 0 Å². The number of rotatable bonds is 4. The van der Waals surface area contributed by atoms with Crippen LogP contribution in [-0.2, 0) is 10.2 Å². The van der Waals surface area contributed by atoms with Gasteiger partial charge in [0, 0.05) is 37.6 Å². The molecule has 0 radical (unpaired) electrons. The van der Waals surface area contributed by atoms with Crippen molar-refractivity contribution >= 4 is 17.3 Å². The maximum absolute atomic E-state index is 13.2. The van der Waals surface area contributed by atoms with Gasteiger partial charge in [0.2, 0.25) is 5.91 Å². The molecule has 27 heavy (non-hydrogen) atoms. The maximum Gasteiger partial charge on any atom is 0.235 e. The van der Waals surface area contributed by atoms with Crippen LogP contribution in [0.25, 0.3) is 0 Å². The predicted molar refractivity (Wildman–Crippen MR) is 111 cm³/mol. The Balaban J connectivity index is 1.47. The number of benzene rings is 2. The van der Waals surface area contributed by atoms with E-state index in [1.165, 1.54) is 5.69 Å². The van der Waals surface area contributed by atoms with Gasteiger partial charge in [0.25, 0.3) is 0 Å². The molecule has 1 saturated carbocycles. The SMILES string of the molecule is CN1CCN(c2ccc(NC(=O)C3(c4ccccc4)CCCC3)cc2)CC1. The standard InChI is InChI=1S/C23H29N3O/c1-25-15-17-26(18-16-25)21-11-9-20(10-12-21)24-22(27)23(13-5-6-14-23)19-7-3-2-4-8-19/h2-4,7-12H,5-6,13-18H2,1H3,(H,24,27). The molecule has 1 heterocycles. The number of likely N-dealkylation sites (N-methyl/N-ethyl adjacent to an activating group) is 1. The van der Waals surface area contributed by atoms with Gasteiger partial charge >= 0.3 is 0 Å². The van der Waals surface area contributed by atoms with E-state index >= 15 is 0 Å². The lowest BCUT2D eigenvalue weighted by molar-refractivity contribution is -0.121. The summed E-state index contributed by atoms with van der Waals surface area (Å²) in [6.45, 7) is 4.30. The van der Waals surface area contributed by atoms with Crippen LogP contribution in [0.15, 0.2) is 54.6 Å². The molecule has 1 saturated heterocycles. The molecule has 0 unspecified atom stereocenters. The largest absolute Gasteiger partial charge is 0.369 e. The van der Waals surface area contributed by atoms with E-state index in [9.17, 15) is 4.79 Å². The maximum atomic E-state index is 13.2. The average Bonchev–Trinajstić information content (AvgIpc) is 3.21. The number of nitrogens with one attached hydrogen (secondary N) is 1. The van der Waals surface area contributed by atoms with Crippen LogP contribution in [0.4, 0.5) is 11.4 Å². The van der Waals surface area contributed by atoms with Gasteiger partial charge in [0.15, 0.2) is 0 Å². The zero-order valence-electron chi connectivity index (χ0n) is 16.2. The number of carbonyl (C=O) groups is 1. The number of hydrogen-bond acceptors (Lipinski definition) is 3. The minimum absolute atomic E-state index is 0.138. The van der Waals surface area contributed by atoms with Crippen LogP contribution in [-0.4, -0.2) is 44.0 Å². The molecule has 1 amide bonds. The molecule has 1 aliphatic carbocycles. The van der Waals surface area contributed by atoms with Crippen molar-refractivity contribution < 1.29 is 4.79 Å². The van der Waals surface area contributed by atoms with Crippen molar-refractivity contribution in [2.45, 2.75) is 31.1 Å². The van der Waals surface area contributed by atoms with Crippen molar-refractivity contribution in [1.29, 1.82) is 0 Å². The fourth-order valence-corrected chi connectivity index (χ4v) is 4.45. The Bertz CT molecular complexity index is 758. The summed E-state index contributed by atoms with van der Waals surface area (Å²) in [5, 5.41) is 3.19.